The van der Waals surface area contributed by atoms with Crippen molar-refractivity contribution in [1.29, 1.82) is 0 Å². The first-order valence-corrected chi connectivity index (χ1v) is 11.6. The zero-order chi connectivity index (χ0) is 23.9. The minimum absolute atomic E-state index is 0.142. The van der Waals surface area contributed by atoms with Gasteiger partial charge >= 0.3 is 0 Å². The van der Waals surface area contributed by atoms with Gasteiger partial charge in [0.15, 0.2) is 5.69 Å². The Morgan fingerprint density at radius 3 is 2.41 bits per heavy atom. The highest BCUT2D eigenvalue weighted by molar-refractivity contribution is 5.91. The molecule has 1 amide bonds. The highest BCUT2D eigenvalue weighted by Gasteiger charge is 2.21. The van der Waals surface area contributed by atoms with Crippen LogP contribution in [0.1, 0.15) is 57.2 Å². The predicted octanol–water partition coefficient (Wildman–Crippen LogP) is 5.98. The number of hydrogen-bond donors (Lipinski definition) is 1. The van der Waals surface area contributed by atoms with Crippen molar-refractivity contribution in [2.24, 2.45) is 0 Å². The Morgan fingerprint density at radius 2 is 1.68 bits per heavy atom. The number of oxazole rings is 1. The molecule has 34 heavy (non-hydrogen) atoms. The van der Waals surface area contributed by atoms with Crippen LogP contribution in [0.5, 0.6) is 0 Å². The molecule has 1 N–H and O–H groups in total. The van der Waals surface area contributed by atoms with E-state index in [1.165, 1.54) is 28.5 Å². The second-order valence-electron chi connectivity index (χ2n) is 8.72. The lowest BCUT2D eigenvalue weighted by atomic mass is 10.0. The summed E-state index contributed by atoms with van der Waals surface area (Å²) < 4.78 is 5.73. The van der Waals surface area contributed by atoms with Crippen molar-refractivity contribution in [3.63, 3.8) is 0 Å². The van der Waals surface area contributed by atoms with Gasteiger partial charge in [0.1, 0.15) is 6.26 Å². The van der Waals surface area contributed by atoms with Gasteiger partial charge in [-0.3, -0.25) is 9.69 Å². The van der Waals surface area contributed by atoms with Gasteiger partial charge in [-0.05, 0) is 43.0 Å². The SMILES string of the molecule is Cc1ccc(C)c(CN(Cc2nc(C(=O)NCc3ccccc3)co2)[C@H](C)c2ccccc2)c1. The molecule has 0 fully saturated rings. The molecule has 5 heteroatoms. The summed E-state index contributed by atoms with van der Waals surface area (Å²) in [5.41, 5.74) is 6.32. The fourth-order valence-electron chi connectivity index (χ4n) is 3.99. The van der Waals surface area contributed by atoms with Crippen LogP contribution >= 0.6 is 0 Å². The van der Waals surface area contributed by atoms with Crippen LogP contribution < -0.4 is 5.32 Å². The van der Waals surface area contributed by atoms with Crippen LogP contribution in [0.15, 0.2) is 89.5 Å². The minimum atomic E-state index is -0.240. The Hall–Kier alpha value is -3.70. The molecule has 4 aromatic rings. The van der Waals surface area contributed by atoms with Gasteiger partial charge in [0.05, 0.1) is 6.54 Å². The highest BCUT2D eigenvalue weighted by atomic mass is 16.3. The zero-order valence-corrected chi connectivity index (χ0v) is 20.0. The molecule has 1 atom stereocenters. The van der Waals surface area contributed by atoms with E-state index >= 15 is 0 Å². The Balaban J connectivity index is 1.50. The number of carbonyl (C=O) groups is 1. The first-order chi connectivity index (χ1) is 16.5. The van der Waals surface area contributed by atoms with E-state index in [1.807, 2.05) is 36.4 Å². The predicted molar refractivity (Wildman–Crippen MR) is 134 cm³/mol. The van der Waals surface area contributed by atoms with Crippen LogP contribution in [-0.2, 0) is 19.6 Å². The van der Waals surface area contributed by atoms with E-state index in [2.05, 4.69) is 78.4 Å². The average Bonchev–Trinajstić information content (AvgIpc) is 3.34. The smallest absolute Gasteiger partial charge is 0.273 e. The summed E-state index contributed by atoms with van der Waals surface area (Å²) >= 11 is 0. The monoisotopic (exact) mass is 453 g/mol. The van der Waals surface area contributed by atoms with E-state index in [-0.39, 0.29) is 11.9 Å². The molecule has 3 aromatic carbocycles. The maximum Gasteiger partial charge on any atom is 0.273 e. The summed E-state index contributed by atoms with van der Waals surface area (Å²) in [6.07, 6.45) is 1.44. The third kappa shape index (κ3) is 6.00. The van der Waals surface area contributed by atoms with Crippen LogP contribution in [0.3, 0.4) is 0 Å². The van der Waals surface area contributed by atoms with Crippen LogP contribution in [0.4, 0.5) is 0 Å². The second-order valence-corrected chi connectivity index (χ2v) is 8.72. The van der Waals surface area contributed by atoms with Crippen molar-refractivity contribution >= 4 is 5.91 Å². The third-order valence-corrected chi connectivity index (χ3v) is 6.13. The largest absolute Gasteiger partial charge is 0.447 e. The maximum atomic E-state index is 12.6. The van der Waals surface area contributed by atoms with E-state index in [0.717, 1.165) is 12.1 Å². The highest BCUT2D eigenvalue weighted by Crippen LogP contribution is 2.26. The molecule has 4 rings (SSSR count). The Bertz CT molecular complexity index is 1220. The second kappa shape index (κ2) is 10.9. The summed E-state index contributed by atoms with van der Waals surface area (Å²) in [4.78, 5) is 19.4. The quantitative estimate of drug-likeness (QED) is 0.338. The number of aryl methyl sites for hydroxylation is 2. The number of nitrogens with one attached hydrogen (secondary N) is 1. The van der Waals surface area contributed by atoms with Crippen molar-refractivity contribution in [2.75, 3.05) is 0 Å². The molecule has 1 heterocycles. The van der Waals surface area contributed by atoms with Crippen LogP contribution in [0, 0.1) is 13.8 Å². The molecule has 0 unspecified atom stereocenters. The van der Waals surface area contributed by atoms with Crippen LogP contribution in [-0.4, -0.2) is 15.8 Å². The molecule has 0 saturated carbocycles. The number of hydrogen-bond acceptors (Lipinski definition) is 4. The van der Waals surface area contributed by atoms with Gasteiger partial charge in [-0.25, -0.2) is 4.98 Å². The van der Waals surface area contributed by atoms with Crippen molar-refractivity contribution < 1.29 is 9.21 Å². The molecular weight excluding hydrogens is 422 g/mol. The number of aromatic nitrogens is 1. The molecule has 174 valence electrons. The molecule has 1 aromatic heterocycles. The molecule has 0 aliphatic heterocycles. The standard InChI is InChI=1S/C29H31N3O2/c1-21-14-15-22(2)26(16-21)18-32(23(3)25-12-8-5-9-13-25)19-28-31-27(20-34-28)29(33)30-17-24-10-6-4-7-11-24/h4-16,20,23H,17-19H2,1-3H3,(H,30,33)/t23-/m1/s1. The van der Waals surface area contributed by atoms with Crippen molar-refractivity contribution in [2.45, 2.75) is 46.4 Å². The van der Waals surface area contributed by atoms with E-state index in [0.29, 0.717) is 24.7 Å². The Morgan fingerprint density at radius 1 is 0.971 bits per heavy atom. The molecular formula is C29H31N3O2. The van der Waals surface area contributed by atoms with Crippen LogP contribution in [0.25, 0.3) is 0 Å². The summed E-state index contributed by atoms with van der Waals surface area (Å²) in [5.74, 6) is 0.286. The van der Waals surface area contributed by atoms with Gasteiger partial charge in [-0.1, -0.05) is 84.4 Å². The number of carbonyl (C=O) groups excluding carboxylic acids is 1. The molecule has 0 aliphatic rings. The van der Waals surface area contributed by atoms with Gasteiger partial charge in [0.25, 0.3) is 5.91 Å². The summed E-state index contributed by atoms with van der Waals surface area (Å²) in [6.45, 7) is 8.14. The lowest BCUT2D eigenvalue weighted by Crippen LogP contribution is -2.27. The lowest BCUT2D eigenvalue weighted by molar-refractivity contribution is 0.0945. The van der Waals surface area contributed by atoms with E-state index in [9.17, 15) is 4.79 Å². The molecule has 0 bridgehead atoms. The van der Waals surface area contributed by atoms with Gasteiger partial charge in [-0.2, -0.15) is 0 Å². The number of amides is 1. The summed E-state index contributed by atoms with van der Waals surface area (Å²) in [6, 6.07) is 26.9. The topological polar surface area (TPSA) is 58.4 Å². The van der Waals surface area contributed by atoms with E-state index in [1.54, 1.807) is 0 Å². The van der Waals surface area contributed by atoms with Crippen molar-refractivity contribution in [3.8, 4) is 0 Å². The molecule has 0 spiro atoms. The normalized spacial score (nSPS) is 12.0. The van der Waals surface area contributed by atoms with E-state index in [4.69, 9.17) is 4.42 Å². The number of benzene rings is 3. The third-order valence-electron chi connectivity index (χ3n) is 6.13. The van der Waals surface area contributed by atoms with Gasteiger partial charge in [-0.15, -0.1) is 0 Å². The first kappa shape index (κ1) is 23.5. The van der Waals surface area contributed by atoms with Gasteiger partial charge in [0, 0.05) is 19.1 Å². The maximum absolute atomic E-state index is 12.6. The van der Waals surface area contributed by atoms with E-state index < -0.39 is 0 Å². The molecule has 0 saturated heterocycles. The lowest BCUT2D eigenvalue weighted by Gasteiger charge is -2.29. The fourth-order valence-corrected chi connectivity index (χ4v) is 3.99. The molecule has 0 aliphatic carbocycles. The zero-order valence-electron chi connectivity index (χ0n) is 20.0. The fraction of sp³-hybridized carbons (Fsp3) is 0.241. The van der Waals surface area contributed by atoms with Gasteiger partial charge < -0.3 is 9.73 Å². The number of nitrogens with zero attached hydrogens (tertiary/aromatic N) is 2. The van der Waals surface area contributed by atoms with Crippen molar-refractivity contribution in [3.05, 3.63) is 125 Å². The summed E-state index contributed by atoms with van der Waals surface area (Å²) in [7, 11) is 0. The van der Waals surface area contributed by atoms with Gasteiger partial charge in [0.2, 0.25) is 5.89 Å². The van der Waals surface area contributed by atoms with Crippen LogP contribution in [0.2, 0.25) is 0 Å². The average molecular weight is 454 g/mol. The molecule has 5 nitrogen and oxygen atoms in total. The molecule has 0 radical (unpaired) electrons. The first-order valence-electron chi connectivity index (χ1n) is 11.6. The van der Waals surface area contributed by atoms with Crippen molar-refractivity contribution in [1.82, 2.24) is 15.2 Å². The number of rotatable bonds is 9. The summed E-state index contributed by atoms with van der Waals surface area (Å²) in [5, 5.41) is 2.91. The Kier molecular flexibility index (Phi) is 7.55. The minimum Gasteiger partial charge on any atom is -0.447 e. The Labute approximate surface area is 201 Å².